The summed E-state index contributed by atoms with van der Waals surface area (Å²) in [5.41, 5.74) is 0.745. The summed E-state index contributed by atoms with van der Waals surface area (Å²) in [6.45, 7) is 4.23. The molecule has 1 aromatic rings. The van der Waals surface area contributed by atoms with Gasteiger partial charge in [-0.15, -0.1) is 0 Å². The van der Waals surface area contributed by atoms with Crippen LogP contribution < -0.4 is 5.32 Å². The van der Waals surface area contributed by atoms with Crippen LogP contribution in [0.5, 0.6) is 0 Å². The highest BCUT2D eigenvalue weighted by atomic mass is 35.5. The van der Waals surface area contributed by atoms with Crippen LogP contribution in [0, 0.1) is 0 Å². The molecule has 2 atom stereocenters. The Balaban J connectivity index is 2.29. The van der Waals surface area contributed by atoms with Crippen LogP contribution in [0.15, 0.2) is 6.20 Å². The third-order valence-electron chi connectivity index (χ3n) is 3.76. The Hall–Kier alpha value is -0.620. The minimum atomic E-state index is -0.233. The molecule has 2 unspecified atom stereocenters. The summed E-state index contributed by atoms with van der Waals surface area (Å²) in [6, 6.07) is 0.0295. The normalized spacial score (nSPS) is 24.8. The van der Waals surface area contributed by atoms with Crippen molar-refractivity contribution < 1.29 is 9.47 Å². The Kier molecular flexibility index (Phi) is 4.84. The van der Waals surface area contributed by atoms with Crippen molar-refractivity contribution in [3.8, 4) is 0 Å². The number of aromatic nitrogens is 2. The first-order chi connectivity index (χ1) is 9.12. The van der Waals surface area contributed by atoms with Gasteiger partial charge < -0.3 is 14.8 Å². The largest absolute Gasteiger partial charge is 0.383 e. The maximum absolute atomic E-state index is 6.32. The van der Waals surface area contributed by atoms with Gasteiger partial charge in [-0.05, 0) is 26.8 Å². The number of halogens is 1. The molecule has 0 aliphatic carbocycles. The second-order valence-corrected chi connectivity index (χ2v) is 5.49. The van der Waals surface area contributed by atoms with Crippen molar-refractivity contribution >= 4 is 11.6 Å². The molecule has 0 saturated carbocycles. The fourth-order valence-corrected chi connectivity index (χ4v) is 3.02. The zero-order valence-corrected chi connectivity index (χ0v) is 12.5. The summed E-state index contributed by atoms with van der Waals surface area (Å²) in [5, 5.41) is 8.34. The van der Waals surface area contributed by atoms with Crippen LogP contribution in [0.25, 0.3) is 0 Å². The number of methoxy groups -OCH3 is 1. The Labute approximate surface area is 119 Å². The van der Waals surface area contributed by atoms with E-state index in [1.165, 1.54) is 0 Å². The molecule has 19 heavy (non-hydrogen) atoms. The molecular weight excluding hydrogens is 266 g/mol. The number of hydrogen-bond donors (Lipinski definition) is 1. The van der Waals surface area contributed by atoms with Gasteiger partial charge in [0.2, 0.25) is 0 Å². The van der Waals surface area contributed by atoms with Crippen LogP contribution in [-0.2, 0) is 16.0 Å². The average molecular weight is 288 g/mol. The van der Waals surface area contributed by atoms with E-state index < -0.39 is 0 Å². The van der Waals surface area contributed by atoms with Gasteiger partial charge in [0.1, 0.15) is 0 Å². The summed E-state index contributed by atoms with van der Waals surface area (Å²) < 4.78 is 13.0. The number of nitrogens with zero attached hydrogens (tertiary/aromatic N) is 2. The topological polar surface area (TPSA) is 48.3 Å². The second kappa shape index (κ2) is 6.22. The summed E-state index contributed by atoms with van der Waals surface area (Å²) in [4.78, 5) is 0. The predicted molar refractivity (Wildman–Crippen MR) is 74.5 cm³/mol. The minimum absolute atomic E-state index is 0.0295. The van der Waals surface area contributed by atoms with Crippen molar-refractivity contribution in [1.29, 1.82) is 0 Å². The molecule has 108 valence electrons. The van der Waals surface area contributed by atoms with Crippen LogP contribution in [0.4, 0.5) is 0 Å². The van der Waals surface area contributed by atoms with Gasteiger partial charge >= 0.3 is 0 Å². The van der Waals surface area contributed by atoms with E-state index in [1.807, 2.05) is 11.7 Å². The quantitative estimate of drug-likeness (QED) is 0.869. The maximum atomic E-state index is 6.32. The molecule has 5 nitrogen and oxygen atoms in total. The van der Waals surface area contributed by atoms with Gasteiger partial charge in [0.25, 0.3) is 0 Å². The number of ether oxygens (including phenoxy) is 2. The second-order valence-electron chi connectivity index (χ2n) is 5.08. The highest BCUT2D eigenvalue weighted by molar-refractivity contribution is 6.31. The average Bonchev–Trinajstić information content (AvgIpc) is 2.97. The maximum Gasteiger partial charge on any atom is 0.0864 e. The van der Waals surface area contributed by atoms with E-state index in [0.717, 1.165) is 25.1 Å². The first-order valence-corrected chi connectivity index (χ1v) is 7.01. The number of likely N-dealkylation sites (N-methyl/N-ethyl adjacent to an activating group) is 1. The molecule has 1 aliphatic heterocycles. The lowest BCUT2D eigenvalue weighted by molar-refractivity contribution is -0.0130. The van der Waals surface area contributed by atoms with Gasteiger partial charge in [-0.25, -0.2) is 0 Å². The monoisotopic (exact) mass is 287 g/mol. The molecule has 1 aliphatic rings. The fraction of sp³-hybridized carbons (Fsp3) is 0.769. The standard InChI is InChI=1S/C13H22ClN3O2/c1-13(5-4-7-19-13)12(15-2)11-10(14)9-16-17(11)6-8-18-3/h9,12,15H,4-8H2,1-3H3. The first kappa shape index (κ1) is 14.8. The van der Waals surface area contributed by atoms with Crippen LogP contribution in [0.2, 0.25) is 5.02 Å². The molecule has 0 radical (unpaired) electrons. The first-order valence-electron chi connectivity index (χ1n) is 6.63. The Morgan fingerprint density at radius 1 is 1.68 bits per heavy atom. The van der Waals surface area contributed by atoms with Gasteiger partial charge in [0, 0.05) is 13.7 Å². The van der Waals surface area contributed by atoms with Crippen LogP contribution in [0.3, 0.4) is 0 Å². The van der Waals surface area contributed by atoms with Gasteiger partial charge in [0.15, 0.2) is 0 Å². The molecule has 1 N–H and O–H groups in total. The molecule has 2 rings (SSSR count). The summed E-state index contributed by atoms with van der Waals surface area (Å²) in [7, 11) is 3.61. The Morgan fingerprint density at radius 3 is 3.05 bits per heavy atom. The van der Waals surface area contributed by atoms with Gasteiger partial charge in [-0.1, -0.05) is 11.6 Å². The molecule has 1 aromatic heterocycles. The summed E-state index contributed by atoms with van der Waals surface area (Å²) in [5.74, 6) is 0. The Bertz CT molecular complexity index is 416. The lowest BCUT2D eigenvalue weighted by atomic mass is 9.90. The number of rotatable bonds is 6. The zero-order chi connectivity index (χ0) is 13.9. The highest BCUT2D eigenvalue weighted by Crippen LogP contribution is 2.39. The fourth-order valence-electron chi connectivity index (χ4n) is 2.77. The zero-order valence-electron chi connectivity index (χ0n) is 11.8. The van der Waals surface area contributed by atoms with Crippen LogP contribution in [0.1, 0.15) is 31.5 Å². The van der Waals surface area contributed by atoms with E-state index in [0.29, 0.717) is 18.2 Å². The van der Waals surface area contributed by atoms with E-state index in [9.17, 15) is 0 Å². The molecule has 1 saturated heterocycles. The molecule has 6 heteroatoms. The van der Waals surface area contributed by atoms with Crippen molar-refractivity contribution in [3.05, 3.63) is 16.9 Å². The molecule has 2 heterocycles. The van der Waals surface area contributed by atoms with Crippen LogP contribution in [-0.4, -0.2) is 42.8 Å². The van der Waals surface area contributed by atoms with Crippen LogP contribution >= 0.6 is 11.6 Å². The van der Waals surface area contributed by atoms with Crippen molar-refractivity contribution in [2.75, 3.05) is 27.4 Å². The van der Waals surface area contributed by atoms with E-state index in [4.69, 9.17) is 21.1 Å². The van der Waals surface area contributed by atoms with Crippen molar-refractivity contribution in [3.63, 3.8) is 0 Å². The van der Waals surface area contributed by atoms with Crippen molar-refractivity contribution in [1.82, 2.24) is 15.1 Å². The lowest BCUT2D eigenvalue weighted by Crippen LogP contribution is -2.41. The van der Waals surface area contributed by atoms with Gasteiger partial charge in [0.05, 0.1) is 41.7 Å². The highest BCUT2D eigenvalue weighted by Gasteiger charge is 2.41. The van der Waals surface area contributed by atoms with E-state index in [2.05, 4.69) is 17.3 Å². The van der Waals surface area contributed by atoms with Gasteiger partial charge in [-0.2, -0.15) is 5.10 Å². The lowest BCUT2D eigenvalue weighted by Gasteiger charge is -2.33. The number of hydrogen-bond acceptors (Lipinski definition) is 4. The third kappa shape index (κ3) is 2.94. The molecule has 0 amide bonds. The molecule has 1 fully saturated rings. The minimum Gasteiger partial charge on any atom is -0.383 e. The molecule has 0 bridgehead atoms. The smallest absolute Gasteiger partial charge is 0.0864 e. The molecule has 0 spiro atoms. The van der Waals surface area contributed by atoms with E-state index >= 15 is 0 Å². The predicted octanol–water partition coefficient (Wildman–Crippen LogP) is 2.01. The summed E-state index contributed by atoms with van der Waals surface area (Å²) >= 11 is 6.32. The van der Waals surface area contributed by atoms with Gasteiger partial charge in [-0.3, -0.25) is 4.68 Å². The number of nitrogens with one attached hydrogen (secondary N) is 1. The Morgan fingerprint density at radius 2 is 2.47 bits per heavy atom. The van der Waals surface area contributed by atoms with Crippen molar-refractivity contribution in [2.24, 2.45) is 0 Å². The molecule has 0 aromatic carbocycles. The van der Waals surface area contributed by atoms with E-state index in [1.54, 1.807) is 13.3 Å². The molecular formula is C13H22ClN3O2. The third-order valence-corrected chi connectivity index (χ3v) is 4.05. The summed E-state index contributed by atoms with van der Waals surface area (Å²) in [6.07, 6.45) is 3.79. The van der Waals surface area contributed by atoms with Crippen molar-refractivity contribution in [2.45, 2.75) is 38.0 Å². The SMILES string of the molecule is CNC(c1c(Cl)cnn1CCOC)C1(C)CCCO1. The van der Waals surface area contributed by atoms with E-state index in [-0.39, 0.29) is 11.6 Å².